The molecule has 1 fully saturated rings. The molecule has 0 aliphatic heterocycles. The molecule has 5 nitrogen and oxygen atoms in total. The number of aromatic nitrogens is 2. The van der Waals surface area contributed by atoms with Crippen molar-refractivity contribution in [2.24, 2.45) is 11.3 Å². The van der Waals surface area contributed by atoms with E-state index >= 15 is 0 Å². The third-order valence-electron chi connectivity index (χ3n) is 6.69. The predicted octanol–water partition coefficient (Wildman–Crippen LogP) is 7.17. The van der Waals surface area contributed by atoms with Crippen LogP contribution in [0.15, 0.2) is 42.5 Å². The molecule has 1 N–H and O–H groups in total. The topological polar surface area (TPSA) is 64.4 Å². The first-order chi connectivity index (χ1) is 15.8. The lowest BCUT2D eigenvalue weighted by atomic mass is 9.70. The molecule has 34 heavy (non-hydrogen) atoms. The van der Waals surface area contributed by atoms with Crippen LogP contribution < -0.4 is 4.74 Å². The van der Waals surface area contributed by atoms with Crippen molar-refractivity contribution in [3.05, 3.63) is 59.4 Å². The second-order valence-electron chi connectivity index (χ2n) is 10.3. The summed E-state index contributed by atoms with van der Waals surface area (Å²) in [5, 5.41) is 9.44. The number of benzene rings is 2. The average Bonchev–Trinajstić information content (AvgIpc) is 3.10. The molecule has 0 saturated heterocycles. The van der Waals surface area contributed by atoms with Crippen LogP contribution in [0.25, 0.3) is 11.0 Å². The molecule has 1 heterocycles. The molecular weight excluding hydrogens is 445 g/mol. The number of carboxylic acids is 1. The van der Waals surface area contributed by atoms with Gasteiger partial charge in [-0.15, -0.1) is 13.2 Å². The first-order valence-electron chi connectivity index (χ1n) is 11.4. The zero-order chi connectivity index (χ0) is 24.8. The number of rotatable bonds is 5. The number of nitrogens with zero attached hydrogens (tertiary/aromatic N) is 2. The number of carboxylic acid groups (broad SMARTS) is 1. The van der Waals surface area contributed by atoms with E-state index < -0.39 is 12.3 Å². The predicted molar refractivity (Wildman–Crippen MR) is 123 cm³/mol. The summed E-state index contributed by atoms with van der Waals surface area (Å²) in [6, 6.07) is 11.0. The average molecular weight is 475 g/mol. The van der Waals surface area contributed by atoms with Crippen molar-refractivity contribution in [1.82, 2.24) is 9.55 Å². The third kappa shape index (κ3) is 5.05. The number of imidazole rings is 1. The standard InChI is InChI=1S/C26H29F3N2O3/c1-15-11-19(14-25(3,4)13-15)31-22-10-7-18(24(32)33)12-21(22)30-23(31)16(2)17-5-8-20(9-6-17)34-26(27,28)29/h5-10,12,15-16,19H,11,13-14H2,1-4H3,(H,32,33)/t15-,16-,19+/m1/s1. The highest BCUT2D eigenvalue weighted by atomic mass is 19.4. The highest BCUT2D eigenvalue weighted by molar-refractivity contribution is 5.92. The smallest absolute Gasteiger partial charge is 0.478 e. The molecule has 0 amide bonds. The summed E-state index contributed by atoms with van der Waals surface area (Å²) in [6.45, 7) is 8.74. The minimum atomic E-state index is -4.74. The van der Waals surface area contributed by atoms with Crippen LogP contribution in [-0.4, -0.2) is 27.0 Å². The molecule has 1 saturated carbocycles. The van der Waals surface area contributed by atoms with Crippen LogP contribution in [-0.2, 0) is 0 Å². The molecule has 8 heteroatoms. The van der Waals surface area contributed by atoms with Gasteiger partial charge in [0.2, 0.25) is 0 Å². The molecule has 0 radical (unpaired) electrons. The summed E-state index contributed by atoms with van der Waals surface area (Å²) in [6.07, 6.45) is -1.67. The van der Waals surface area contributed by atoms with Crippen LogP contribution in [0.4, 0.5) is 13.2 Å². The van der Waals surface area contributed by atoms with Crippen molar-refractivity contribution in [1.29, 1.82) is 0 Å². The Labute approximate surface area is 196 Å². The maximum Gasteiger partial charge on any atom is 0.573 e. The van der Waals surface area contributed by atoms with Gasteiger partial charge in [-0.2, -0.15) is 0 Å². The van der Waals surface area contributed by atoms with Gasteiger partial charge in [0, 0.05) is 12.0 Å². The zero-order valence-corrected chi connectivity index (χ0v) is 19.7. The minimum Gasteiger partial charge on any atom is -0.478 e. The second-order valence-corrected chi connectivity index (χ2v) is 10.3. The summed E-state index contributed by atoms with van der Waals surface area (Å²) < 4.78 is 43.9. The summed E-state index contributed by atoms with van der Waals surface area (Å²) in [5.74, 6) is -0.214. The Morgan fingerprint density at radius 2 is 1.85 bits per heavy atom. The lowest BCUT2D eigenvalue weighted by Crippen LogP contribution is -2.30. The highest BCUT2D eigenvalue weighted by Crippen LogP contribution is 2.46. The van der Waals surface area contributed by atoms with E-state index in [1.54, 1.807) is 24.3 Å². The van der Waals surface area contributed by atoms with E-state index in [0.717, 1.165) is 36.2 Å². The van der Waals surface area contributed by atoms with E-state index in [1.807, 2.05) is 13.0 Å². The molecule has 1 aromatic heterocycles. The van der Waals surface area contributed by atoms with Crippen LogP contribution in [0, 0.1) is 11.3 Å². The van der Waals surface area contributed by atoms with Crippen molar-refractivity contribution in [2.45, 2.75) is 65.3 Å². The Morgan fingerprint density at radius 1 is 1.18 bits per heavy atom. The number of ether oxygens (including phenoxy) is 1. The molecule has 4 rings (SSSR count). The Bertz CT molecular complexity index is 1200. The Hall–Kier alpha value is -3.03. The largest absolute Gasteiger partial charge is 0.573 e. The number of hydrogen-bond donors (Lipinski definition) is 1. The number of carbonyl (C=O) groups is 1. The first kappa shape index (κ1) is 24.1. The van der Waals surface area contributed by atoms with Crippen LogP contribution >= 0.6 is 0 Å². The van der Waals surface area contributed by atoms with Crippen LogP contribution in [0.2, 0.25) is 0 Å². The van der Waals surface area contributed by atoms with Gasteiger partial charge in [0.05, 0.1) is 16.6 Å². The number of hydrogen-bond acceptors (Lipinski definition) is 3. The summed E-state index contributed by atoms with van der Waals surface area (Å²) in [5.41, 5.74) is 2.60. The third-order valence-corrected chi connectivity index (χ3v) is 6.69. The Morgan fingerprint density at radius 3 is 2.44 bits per heavy atom. The van der Waals surface area contributed by atoms with Crippen LogP contribution in [0.5, 0.6) is 5.75 Å². The normalized spacial score (nSPS) is 21.4. The quantitative estimate of drug-likeness (QED) is 0.426. The van der Waals surface area contributed by atoms with Gasteiger partial charge in [-0.25, -0.2) is 9.78 Å². The van der Waals surface area contributed by atoms with Gasteiger partial charge in [0.25, 0.3) is 0 Å². The molecule has 0 spiro atoms. The van der Waals surface area contributed by atoms with E-state index in [9.17, 15) is 23.1 Å². The van der Waals surface area contributed by atoms with Gasteiger partial charge >= 0.3 is 12.3 Å². The Balaban J connectivity index is 1.79. The fourth-order valence-corrected chi connectivity index (χ4v) is 5.54. The molecule has 0 unspecified atom stereocenters. The molecule has 0 bridgehead atoms. The SMILES string of the molecule is C[C@@H]1C[C@H](n2c([C@H](C)c3ccc(OC(F)(F)F)cc3)nc3cc(C(=O)O)ccc32)CC(C)(C)C1. The van der Waals surface area contributed by atoms with E-state index in [-0.39, 0.29) is 28.7 Å². The monoisotopic (exact) mass is 474 g/mol. The molecule has 1 aliphatic carbocycles. The van der Waals surface area contributed by atoms with Gasteiger partial charge in [-0.3, -0.25) is 0 Å². The molecule has 3 aromatic rings. The molecule has 182 valence electrons. The maximum atomic E-state index is 12.5. The van der Waals surface area contributed by atoms with Crippen molar-refractivity contribution in [2.75, 3.05) is 0 Å². The Kier molecular flexibility index (Phi) is 6.12. The lowest BCUT2D eigenvalue weighted by molar-refractivity contribution is -0.274. The molecule has 1 aliphatic rings. The molecule has 3 atom stereocenters. The minimum absolute atomic E-state index is 0.150. The highest BCUT2D eigenvalue weighted by Gasteiger charge is 2.35. The van der Waals surface area contributed by atoms with Crippen molar-refractivity contribution < 1.29 is 27.8 Å². The number of alkyl halides is 3. The van der Waals surface area contributed by atoms with E-state index in [1.165, 1.54) is 12.1 Å². The number of aromatic carboxylic acids is 1. The van der Waals surface area contributed by atoms with Crippen molar-refractivity contribution in [3.63, 3.8) is 0 Å². The van der Waals surface area contributed by atoms with Crippen molar-refractivity contribution >= 4 is 17.0 Å². The first-order valence-corrected chi connectivity index (χ1v) is 11.4. The van der Waals surface area contributed by atoms with Crippen LogP contribution in [0.1, 0.15) is 80.7 Å². The van der Waals surface area contributed by atoms with Gasteiger partial charge in [0.15, 0.2) is 0 Å². The van der Waals surface area contributed by atoms with Gasteiger partial charge in [0.1, 0.15) is 11.6 Å². The molecular formula is C26H29F3N2O3. The molecule has 2 aromatic carbocycles. The summed E-state index contributed by atoms with van der Waals surface area (Å²) in [7, 11) is 0. The number of halogens is 3. The fourth-order valence-electron chi connectivity index (χ4n) is 5.54. The number of fused-ring (bicyclic) bond motifs is 1. The van der Waals surface area contributed by atoms with Gasteiger partial charge in [-0.1, -0.05) is 39.8 Å². The summed E-state index contributed by atoms with van der Waals surface area (Å²) >= 11 is 0. The fraction of sp³-hybridized carbons (Fsp3) is 0.462. The van der Waals surface area contributed by atoms with Gasteiger partial charge in [-0.05, 0) is 66.5 Å². The van der Waals surface area contributed by atoms with E-state index in [4.69, 9.17) is 4.98 Å². The van der Waals surface area contributed by atoms with Gasteiger partial charge < -0.3 is 14.4 Å². The lowest BCUT2D eigenvalue weighted by Gasteiger charge is -2.40. The maximum absolute atomic E-state index is 12.5. The van der Waals surface area contributed by atoms with Crippen molar-refractivity contribution in [3.8, 4) is 5.75 Å². The second kappa shape index (κ2) is 8.64. The van der Waals surface area contributed by atoms with E-state index in [0.29, 0.717) is 11.4 Å². The summed E-state index contributed by atoms with van der Waals surface area (Å²) in [4.78, 5) is 16.4. The van der Waals surface area contributed by atoms with E-state index in [2.05, 4.69) is 30.1 Å². The van der Waals surface area contributed by atoms with Crippen LogP contribution in [0.3, 0.4) is 0 Å². The zero-order valence-electron chi connectivity index (χ0n) is 19.7.